The summed E-state index contributed by atoms with van der Waals surface area (Å²) in [4.78, 5) is 4.00. The quantitative estimate of drug-likeness (QED) is 0.687. The summed E-state index contributed by atoms with van der Waals surface area (Å²) in [5, 5.41) is 0. The van der Waals surface area contributed by atoms with Crippen molar-refractivity contribution in [3.05, 3.63) is 36.2 Å². The smallest absolute Gasteiger partial charge is 0.0346 e. The summed E-state index contributed by atoms with van der Waals surface area (Å²) in [6, 6.07) is 1.95. The third-order valence-corrected chi connectivity index (χ3v) is 1.67. The van der Waals surface area contributed by atoms with E-state index in [0.29, 0.717) is 6.54 Å². The molecule has 0 aliphatic carbocycles. The van der Waals surface area contributed by atoms with Gasteiger partial charge in [0, 0.05) is 18.9 Å². The summed E-state index contributed by atoms with van der Waals surface area (Å²) in [7, 11) is 0. The highest BCUT2D eigenvalue weighted by atomic mass is 14.6. The Labute approximate surface area is 66.8 Å². The molecular formula is C9H12N2. The Morgan fingerprint density at radius 1 is 1.73 bits per heavy atom. The third kappa shape index (κ3) is 1.65. The second kappa shape index (κ2) is 3.30. The summed E-state index contributed by atoms with van der Waals surface area (Å²) in [6.07, 6.45) is 3.56. The minimum atomic E-state index is 0.493. The van der Waals surface area contributed by atoms with Crippen molar-refractivity contribution in [1.82, 2.24) is 4.98 Å². The molecule has 0 unspecified atom stereocenters. The van der Waals surface area contributed by atoms with Gasteiger partial charge in [-0.3, -0.25) is 4.98 Å². The molecule has 1 heterocycles. The molecule has 11 heavy (non-hydrogen) atoms. The van der Waals surface area contributed by atoms with E-state index in [1.165, 1.54) is 5.56 Å². The number of hydrogen-bond donors (Lipinski definition) is 1. The van der Waals surface area contributed by atoms with Gasteiger partial charge >= 0.3 is 0 Å². The Kier molecular flexibility index (Phi) is 2.39. The molecule has 2 heteroatoms. The van der Waals surface area contributed by atoms with Crippen LogP contribution in [-0.4, -0.2) is 11.5 Å². The first kappa shape index (κ1) is 7.95. The Balaban J connectivity index is 3.03. The Bertz CT molecular complexity index is 266. The number of aromatic nitrogens is 1. The Morgan fingerprint density at radius 2 is 2.45 bits per heavy atom. The van der Waals surface area contributed by atoms with E-state index < -0.39 is 0 Å². The number of pyridine rings is 1. The van der Waals surface area contributed by atoms with Gasteiger partial charge in [-0.15, -0.1) is 0 Å². The molecular weight excluding hydrogens is 136 g/mol. The van der Waals surface area contributed by atoms with Gasteiger partial charge in [-0.1, -0.05) is 6.58 Å². The topological polar surface area (TPSA) is 38.9 Å². The number of hydrogen-bond acceptors (Lipinski definition) is 2. The van der Waals surface area contributed by atoms with Crippen molar-refractivity contribution < 1.29 is 0 Å². The molecule has 0 amide bonds. The minimum Gasteiger partial charge on any atom is -0.326 e. The summed E-state index contributed by atoms with van der Waals surface area (Å²) in [5.41, 5.74) is 8.63. The number of aryl methyl sites for hydroxylation is 1. The molecule has 2 N–H and O–H groups in total. The van der Waals surface area contributed by atoms with E-state index in [4.69, 9.17) is 5.73 Å². The zero-order valence-corrected chi connectivity index (χ0v) is 6.67. The zero-order chi connectivity index (χ0) is 8.27. The van der Waals surface area contributed by atoms with Crippen LogP contribution in [0.3, 0.4) is 0 Å². The first-order valence-corrected chi connectivity index (χ1v) is 3.54. The van der Waals surface area contributed by atoms with E-state index in [1.807, 2.05) is 13.0 Å². The average Bonchev–Trinajstić information content (AvgIpc) is 2.04. The first-order valence-electron chi connectivity index (χ1n) is 3.54. The fourth-order valence-electron chi connectivity index (χ4n) is 0.944. The summed E-state index contributed by atoms with van der Waals surface area (Å²) >= 11 is 0. The van der Waals surface area contributed by atoms with Gasteiger partial charge in [-0.25, -0.2) is 0 Å². The molecule has 1 rings (SSSR count). The van der Waals surface area contributed by atoms with Crippen LogP contribution in [-0.2, 0) is 0 Å². The van der Waals surface area contributed by atoms with Crippen LogP contribution in [0, 0.1) is 6.92 Å². The van der Waals surface area contributed by atoms with Crippen LogP contribution in [0.1, 0.15) is 11.1 Å². The summed E-state index contributed by atoms with van der Waals surface area (Å²) in [6.45, 7) is 6.36. The van der Waals surface area contributed by atoms with E-state index in [0.717, 1.165) is 11.1 Å². The molecule has 0 saturated heterocycles. The van der Waals surface area contributed by atoms with Gasteiger partial charge < -0.3 is 5.73 Å². The van der Waals surface area contributed by atoms with Crippen LogP contribution in [0.2, 0.25) is 0 Å². The molecule has 58 valence electrons. The molecule has 0 bridgehead atoms. The highest BCUT2D eigenvalue weighted by molar-refractivity contribution is 5.66. The van der Waals surface area contributed by atoms with Crippen molar-refractivity contribution in [3.8, 4) is 0 Å². The van der Waals surface area contributed by atoms with Gasteiger partial charge in [0.25, 0.3) is 0 Å². The van der Waals surface area contributed by atoms with Gasteiger partial charge in [-0.2, -0.15) is 0 Å². The lowest BCUT2D eigenvalue weighted by molar-refractivity contribution is 1.21. The second-order valence-electron chi connectivity index (χ2n) is 2.50. The highest BCUT2D eigenvalue weighted by Crippen LogP contribution is 2.13. The molecule has 0 aliphatic rings. The van der Waals surface area contributed by atoms with E-state index in [2.05, 4.69) is 11.6 Å². The predicted molar refractivity (Wildman–Crippen MR) is 47.1 cm³/mol. The SMILES string of the molecule is C=C(CN)c1cnccc1C. The Hall–Kier alpha value is -1.15. The molecule has 0 atom stereocenters. The molecule has 1 aromatic rings. The minimum absolute atomic E-state index is 0.493. The van der Waals surface area contributed by atoms with Crippen molar-refractivity contribution in [3.63, 3.8) is 0 Å². The number of rotatable bonds is 2. The first-order chi connectivity index (χ1) is 5.25. The lowest BCUT2D eigenvalue weighted by atomic mass is 10.1. The lowest BCUT2D eigenvalue weighted by Gasteiger charge is -2.04. The standard InChI is InChI=1S/C9H12N2/c1-7-3-4-11-6-9(7)8(2)5-10/h3-4,6H,2,5,10H2,1H3. The maximum atomic E-state index is 5.45. The van der Waals surface area contributed by atoms with Gasteiger partial charge in [0.1, 0.15) is 0 Å². The fraction of sp³-hybridized carbons (Fsp3) is 0.222. The third-order valence-electron chi connectivity index (χ3n) is 1.67. The van der Waals surface area contributed by atoms with Gasteiger partial charge in [0.05, 0.1) is 0 Å². The molecule has 0 aliphatic heterocycles. The van der Waals surface area contributed by atoms with Crippen molar-refractivity contribution in [1.29, 1.82) is 0 Å². The summed E-state index contributed by atoms with van der Waals surface area (Å²) < 4.78 is 0. The molecule has 0 fully saturated rings. The molecule has 0 spiro atoms. The van der Waals surface area contributed by atoms with Crippen molar-refractivity contribution in [2.45, 2.75) is 6.92 Å². The van der Waals surface area contributed by atoms with E-state index >= 15 is 0 Å². The van der Waals surface area contributed by atoms with Crippen LogP contribution in [0.5, 0.6) is 0 Å². The predicted octanol–water partition coefficient (Wildman–Crippen LogP) is 1.36. The zero-order valence-electron chi connectivity index (χ0n) is 6.67. The van der Waals surface area contributed by atoms with Gasteiger partial charge in [0.15, 0.2) is 0 Å². The normalized spacial score (nSPS) is 9.64. The van der Waals surface area contributed by atoms with Crippen LogP contribution in [0.25, 0.3) is 5.57 Å². The largest absolute Gasteiger partial charge is 0.326 e. The molecule has 2 nitrogen and oxygen atoms in total. The van der Waals surface area contributed by atoms with Crippen molar-refractivity contribution in [2.24, 2.45) is 5.73 Å². The van der Waals surface area contributed by atoms with Gasteiger partial charge in [-0.05, 0) is 29.7 Å². The number of nitrogens with two attached hydrogens (primary N) is 1. The van der Waals surface area contributed by atoms with Crippen LogP contribution in [0.4, 0.5) is 0 Å². The van der Waals surface area contributed by atoms with Crippen LogP contribution < -0.4 is 5.73 Å². The fourth-order valence-corrected chi connectivity index (χ4v) is 0.944. The Morgan fingerprint density at radius 3 is 3.00 bits per heavy atom. The maximum Gasteiger partial charge on any atom is 0.0346 e. The number of nitrogens with zero attached hydrogens (tertiary/aromatic N) is 1. The van der Waals surface area contributed by atoms with E-state index in [9.17, 15) is 0 Å². The monoisotopic (exact) mass is 148 g/mol. The van der Waals surface area contributed by atoms with Crippen molar-refractivity contribution >= 4 is 5.57 Å². The molecule has 0 radical (unpaired) electrons. The van der Waals surface area contributed by atoms with E-state index in [-0.39, 0.29) is 0 Å². The highest BCUT2D eigenvalue weighted by Gasteiger charge is 1.98. The lowest BCUT2D eigenvalue weighted by Crippen LogP contribution is -2.02. The maximum absolute atomic E-state index is 5.45. The van der Waals surface area contributed by atoms with E-state index in [1.54, 1.807) is 12.4 Å². The second-order valence-corrected chi connectivity index (χ2v) is 2.50. The van der Waals surface area contributed by atoms with Crippen molar-refractivity contribution in [2.75, 3.05) is 6.54 Å². The van der Waals surface area contributed by atoms with Crippen LogP contribution in [0.15, 0.2) is 25.0 Å². The molecule has 0 aromatic carbocycles. The van der Waals surface area contributed by atoms with Crippen LogP contribution >= 0.6 is 0 Å². The average molecular weight is 148 g/mol. The molecule has 1 aromatic heterocycles. The summed E-state index contributed by atoms with van der Waals surface area (Å²) in [5.74, 6) is 0. The molecule has 0 saturated carbocycles. The van der Waals surface area contributed by atoms with Gasteiger partial charge in [0.2, 0.25) is 0 Å².